The quantitative estimate of drug-likeness (QED) is 0.864. The highest BCUT2D eigenvalue weighted by atomic mass is 16.3. The monoisotopic (exact) mass is 233 g/mol. The molecule has 17 heavy (non-hydrogen) atoms. The number of benzene rings is 1. The molecule has 2 heteroatoms. The minimum Gasteiger partial charge on any atom is -0.392 e. The highest BCUT2D eigenvalue weighted by molar-refractivity contribution is 5.29. The predicted octanol–water partition coefficient (Wildman–Crippen LogP) is 2.90. The van der Waals surface area contributed by atoms with E-state index in [0.29, 0.717) is 6.04 Å². The zero-order valence-electron chi connectivity index (χ0n) is 10.9. The number of hydrogen-bond acceptors (Lipinski definition) is 2. The van der Waals surface area contributed by atoms with Gasteiger partial charge in [0.15, 0.2) is 0 Å². The van der Waals surface area contributed by atoms with E-state index >= 15 is 0 Å². The summed E-state index contributed by atoms with van der Waals surface area (Å²) in [5.74, 6) is 0. The summed E-state index contributed by atoms with van der Waals surface area (Å²) in [7, 11) is 0. The Morgan fingerprint density at radius 2 is 2.18 bits per heavy atom. The van der Waals surface area contributed by atoms with Gasteiger partial charge in [0.1, 0.15) is 0 Å². The van der Waals surface area contributed by atoms with Crippen molar-refractivity contribution < 1.29 is 5.11 Å². The van der Waals surface area contributed by atoms with Gasteiger partial charge in [0, 0.05) is 12.6 Å². The van der Waals surface area contributed by atoms with Gasteiger partial charge in [-0.15, -0.1) is 0 Å². The fourth-order valence-corrected chi connectivity index (χ4v) is 2.76. The van der Waals surface area contributed by atoms with Crippen molar-refractivity contribution in [3.05, 3.63) is 35.4 Å². The van der Waals surface area contributed by atoms with Gasteiger partial charge in [-0.1, -0.05) is 31.2 Å². The maximum atomic E-state index is 9.81. The Kier molecular flexibility index (Phi) is 4.19. The van der Waals surface area contributed by atoms with Crippen LogP contribution in [0.25, 0.3) is 0 Å². The Morgan fingerprint density at radius 1 is 1.41 bits per heavy atom. The van der Waals surface area contributed by atoms with E-state index in [0.717, 1.165) is 19.5 Å². The molecule has 1 aromatic rings. The Hall–Kier alpha value is -0.860. The number of aliphatic hydroxyl groups is 1. The lowest BCUT2D eigenvalue weighted by atomic mass is 9.99. The largest absolute Gasteiger partial charge is 0.392 e. The number of hydrogen-bond donors (Lipinski definition) is 1. The summed E-state index contributed by atoms with van der Waals surface area (Å²) in [6.45, 7) is 6.16. The fourth-order valence-electron chi connectivity index (χ4n) is 2.76. The average molecular weight is 233 g/mol. The zero-order chi connectivity index (χ0) is 12.3. The molecular weight excluding hydrogens is 210 g/mol. The topological polar surface area (TPSA) is 23.5 Å². The summed E-state index contributed by atoms with van der Waals surface area (Å²) in [5.41, 5.74) is 2.81. The van der Waals surface area contributed by atoms with Gasteiger partial charge in [-0.25, -0.2) is 0 Å². The number of rotatable bonds is 4. The standard InChI is InChI=1S/C15H23NO/c1-3-13(17)11-16-10-6-9-15(16)14-8-5-4-7-12(14)2/h4-5,7-8,13,15,17H,3,6,9-11H2,1-2H3. The number of likely N-dealkylation sites (tertiary alicyclic amines) is 1. The molecule has 2 unspecified atom stereocenters. The Balaban J connectivity index is 2.12. The molecule has 1 saturated heterocycles. The molecule has 2 rings (SSSR count). The van der Waals surface area contributed by atoms with Crippen LogP contribution in [0, 0.1) is 6.92 Å². The van der Waals surface area contributed by atoms with Crippen molar-refractivity contribution >= 4 is 0 Å². The summed E-state index contributed by atoms with van der Waals surface area (Å²) >= 11 is 0. The summed E-state index contributed by atoms with van der Waals surface area (Å²) in [5, 5.41) is 9.81. The van der Waals surface area contributed by atoms with Gasteiger partial charge in [-0.2, -0.15) is 0 Å². The second kappa shape index (κ2) is 5.65. The number of aryl methyl sites for hydroxylation is 1. The molecule has 1 fully saturated rings. The molecule has 0 spiro atoms. The Bertz CT molecular complexity index is 364. The van der Waals surface area contributed by atoms with Gasteiger partial charge in [-0.3, -0.25) is 4.90 Å². The first kappa shape index (κ1) is 12.6. The molecule has 1 heterocycles. The number of nitrogens with zero attached hydrogens (tertiary/aromatic N) is 1. The lowest BCUT2D eigenvalue weighted by Gasteiger charge is -2.27. The molecule has 2 atom stereocenters. The van der Waals surface area contributed by atoms with E-state index < -0.39 is 0 Å². The molecule has 94 valence electrons. The second-order valence-corrected chi connectivity index (χ2v) is 5.07. The van der Waals surface area contributed by atoms with Crippen LogP contribution in [0.2, 0.25) is 0 Å². The van der Waals surface area contributed by atoms with Crippen molar-refractivity contribution in [2.75, 3.05) is 13.1 Å². The molecule has 1 aromatic carbocycles. The van der Waals surface area contributed by atoms with Crippen LogP contribution in [0.5, 0.6) is 0 Å². The molecule has 0 bridgehead atoms. The Morgan fingerprint density at radius 3 is 2.88 bits per heavy atom. The first-order valence-corrected chi connectivity index (χ1v) is 6.70. The van der Waals surface area contributed by atoms with Gasteiger partial charge in [0.25, 0.3) is 0 Å². The van der Waals surface area contributed by atoms with E-state index in [-0.39, 0.29) is 6.10 Å². The summed E-state index contributed by atoms with van der Waals surface area (Å²) < 4.78 is 0. The first-order chi connectivity index (χ1) is 8.22. The van der Waals surface area contributed by atoms with E-state index in [1.54, 1.807) is 0 Å². The van der Waals surface area contributed by atoms with Gasteiger partial charge in [-0.05, 0) is 43.9 Å². The van der Waals surface area contributed by atoms with E-state index in [9.17, 15) is 5.11 Å². The minimum atomic E-state index is -0.181. The number of β-amino-alcohol motifs (C(OH)–C–C–N with tert-alkyl or cyclic N) is 1. The average Bonchev–Trinajstić information content (AvgIpc) is 2.77. The maximum Gasteiger partial charge on any atom is 0.0664 e. The van der Waals surface area contributed by atoms with Crippen LogP contribution in [0.15, 0.2) is 24.3 Å². The molecule has 0 radical (unpaired) electrons. The van der Waals surface area contributed by atoms with Crippen molar-refractivity contribution in [3.63, 3.8) is 0 Å². The first-order valence-electron chi connectivity index (χ1n) is 6.70. The highest BCUT2D eigenvalue weighted by Gasteiger charge is 2.27. The molecule has 0 aromatic heterocycles. The molecule has 1 aliphatic heterocycles. The van der Waals surface area contributed by atoms with E-state index in [1.807, 2.05) is 6.92 Å². The normalized spacial score (nSPS) is 22.9. The van der Waals surface area contributed by atoms with E-state index in [4.69, 9.17) is 0 Å². The summed E-state index contributed by atoms with van der Waals surface area (Å²) in [6, 6.07) is 9.14. The van der Waals surface area contributed by atoms with Crippen molar-refractivity contribution in [1.82, 2.24) is 4.90 Å². The molecule has 1 aliphatic rings. The lowest BCUT2D eigenvalue weighted by Crippen LogP contribution is -2.32. The third-order valence-corrected chi connectivity index (χ3v) is 3.83. The second-order valence-electron chi connectivity index (χ2n) is 5.07. The smallest absolute Gasteiger partial charge is 0.0664 e. The molecular formula is C15H23NO. The molecule has 2 nitrogen and oxygen atoms in total. The van der Waals surface area contributed by atoms with Crippen LogP contribution >= 0.6 is 0 Å². The van der Waals surface area contributed by atoms with Crippen LogP contribution in [-0.2, 0) is 0 Å². The molecule has 0 amide bonds. The van der Waals surface area contributed by atoms with E-state index in [1.165, 1.54) is 24.0 Å². The predicted molar refractivity (Wildman–Crippen MR) is 71.0 cm³/mol. The molecule has 0 aliphatic carbocycles. The van der Waals surface area contributed by atoms with Crippen molar-refractivity contribution in [1.29, 1.82) is 0 Å². The van der Waals surface area contributed by atoms with Crippen LogP contribution < -0.4 is 0 Å². The number of aliphatic hydroxyl groups excluding tert-OH is 1. The van der Waals surface area contributed by atoms with Crippen molar-refractivity contribution in [2.24, 2.45) is 0 Å². The summed E-state index contributed by atoms with van der Waals surface area (Å²) in [4.78, 5) is 2.44. The van der Waals surface area contributed by atoms with Gasteiger partial charge in [0.05, 0.1) is 6.10 Å². The van der Waals surface area contributed by atoms with Gasteiger partial charge in [0.2, 0.25) is 0 Å². The van der Waals surface area contributed by atoms with E-state index in [2.05, 4.69) is 36.1 Å². The van der Waals surface area contributed by atoms with Gasteiger partial charge < -0.3 is 5.11 Å². The lowest BCUT2D eigenvalue weighted by molar-refractivity contribution is 0.103. The maximum absolute atomic E-state index is 9.81. The Labute approximate surface area is 104 Å². The third-order valence-electron chi connectivity index (χ3n) is 3.83. The minimum absolute atomic E-state index is 0.181. The van der Waals surface area contributed by atoms with Crippen molar-refractivity contribution in [2.45, 2.75) is 45.3 Å². The molecule has 0 saturated carbocycles. The van der Waals surface area contributed by atoms with Gasteiger partial charge >= 0.3 is 0 Å². The van der Waals surface area contributed by atoms with Crippen LogP contribution in [-0.4, -0.2) is 29.2 Å². The van der Waals surface area contributed by atoms with Crippen molar-refractivity contribution in [3.8, 4) is 0 Å². The molecule has 1 N–H and O–H groups in total. The van der Waals surface area contributed by atoms with Crippen LogP contribution in [0.1, 0.15) is 43.4 Å². The zero-order valence-corrected chi connectivity index (χ0v) is 10.9. The van der Waals surface area contributed by atoms with Crippen LogP contribution in [0.3, 0.4) is 0 Å². The fraction of sp³-hybridized carbons (Fsp3) is 0.600. The third kappa shape index (κ3) is 2.88. The SMILES string of the molecule is CCC(O)CN1CCCC1c1ccccc1C. The van der Waals surface area contributed by atoms with Crippen LogP contribution in [0.4, 0.5) is 0 Å². The highest BCUT2D eigenvalue weighted by Crippen LogP contribution is 2.33. The summed E-state index contributed by atoms with van der Waals surface area (Å²) in [6.07, 6.45) is 3.13.